The Morgan fingerprint density at radius 3 is 0.782 bits per heavy atom. The van der Waals surface area contributed by atoms with Crippen molar-refractivity contribution in [3.63, 3.8) is 0 Å². The summed E-state index contributed by atoms with van der Waals surface area (Å²) in [7, 11) is 0. The molecule has 0 bridgehead atoms. The van der Waals surface area contributed by atoms with Crippen LogP contribution in [0.4, 0.5) is 34.1 Å². The highest BCUT2D eigenvalue weighted by Crippen LogP contribution is 2.42. The van der Waals surface area contributed by atoms with E-state index < -0.39 is 0 Å². The van der Waals surface area contributed by atoms with Crippen molar-refractivity contribution in [2.24, 2.45) is 0 Å². The van der Waals surface area contributed by atoms with E-state index in [1.165, 1.54) is 66.8 Å². The molecule has 378 valence electrons. The summed E-state index contributed by atoms with van der Waals surface area (Å²) in [5, 5.41) is 0. The minimum Gasteiger partial charge on any atom is -0.310 e. The molecule has 0 amide bonds. The molecule has 0 aliphatic carbocycles. The van der Waals surface area contributed by atoms with Crippen LogP contribution in [-0.2, 0) is 0 Å². The maximum Gasteiger partial charge on any atom is 0.0491 e. The van der Waals surface area contributed by atoms with Crippen LogP contribution in [0.2, 0.25) is 0 Å². The highest BCUT2D eigenvalue weighted by molar-refractivity contribution is 5.85. The fourth-order valence-electron chi connectivity index (χ4n) is 9.64. The summed E-state index contributed by atoms with van der Waals surface area (Å²) in [4.78, 5) is 4.75. The summed E-state index contributed by atoms with van der Waals surface area (Å²) >= 11 is 0. The molecule has 2 heteroatoms. The van der Waals surface area contributed by atoms with Crippen LogP contribution in [0.25, 0.3) is 57.7 Å². The highest BCUT2D eigenvalue weighted by Gasteiger charge is 2.19. The lowest BCUT2D eigenvalue weighted by atomic mass is 9.98. The molecular weight excluding hydrogens is 941 g/mol. The molecule has 0 fully saturated rings. The third-order valence-corrected chi connectivity index (χ3v) is 14.0. The van der Waals surface area contributed by atoms with Gasteiger partial charge in [0.2, 0.25) is 0 Å². The van der Waals surface area contributed by atoms with Crippen molar-refractivity contribution in [1.82, 2.24) is 0 Å². The largest absolute Gasteiger partial charge is 0.310 e. The summed E-state index contributed by atoms with van der Waals surface area (Å²) in [5.74, 6) is 0. The number of nitrogens with zero attached hydrogens (tertiary/aromatic N) is 2. The van der Waals surface area contributed by atoms with Crippen molar-refractivity contribution < 1.29 is 0 Å². The van der Waals surface area contributed by atoms with Crippen LogP contribution >= 0.6 is 0 Å². The predicted octanol–water partition coefficient (Wildman–Crippen LogP) is 21.4. The van der Waals surface area contributed by atoms with E-state index in [2.05, 4.69) is 341 Å². The smallest absolute Gasteiger partial charge is 0.0491 e. The van der Waals surface area contributed by atoms with Crippen LogP contribution < -0.4 is 9.80 Å². The molecule has 78 heavy (non-hydrogen) atoms. The molecular formula is C76H64N2. The van der Waals surface area contributed by atoms with Gasteiger partial charge in [0.15, 0.2) is 0 Å². The number of benzene rings is 10. The van der Waals surface area contributed by atoms with Crippen molar-refractivity contribution in [2.45, 2.75) is 27.7 Å². The van der Waals surface area contributed by atoms with Crippen molar-refractivity contribution in [1.29, 1.82) is 0 Å². The zero-order chi connectivity index (χ0) is 53.5. The Morgan fingerprint density at radius 2 is 0.487 bits per heavy atom. The normalized spacial score (nSPS) is 11.8. The number of hydrogen-bond donors (Lipinski definition) is 0. The zero-order valence-corrected chi connectivity index (χ0v) is 44.9. The second-order valence-electron chi connectivity index (χ2n) is 19.7. The highest BCUT2D eigenvalue weighted by atomic mass is 15.1. The van der Waals surface area contributed by atoms with Crippen LogP contribution in [0.15, 0.2) is 291 Å². The van der Waals surface area contributed by atoms with E-state index in [0.29, 0.717) is 0 Å². The molecule has 0 spiro atoms. The Labute approximate surface area is 462 Å². The maximum absolute atomic E-state index is 2.37. The van der Waals surface area contributed by atoms with Gasteiger partial charge in [-0.1, -0.05) is 254 Å². The number of hydrogen-bond acceptors (Lipinski definition) is 2. The first-order chi connectivity index (χ1) is 38.3. The predicted molar refractivity (Wildman–Crippen MR) is 338 cm³/mol. The van der Waals surface area contributed by atoms with E-state index in [-0.39, 0.29) is 0 Å². The number of allylic oxidation sites excluding steroid dienone is 8. The average Bonchev–Trinajstić information content (AvgIpc) is 3.52. The molecule has 10 aromatic rings. The molecule has 2 nitrogen and oxygen atoms in total. The SMILES string of the molecule is Cc1ccc(-c2ccc(N(c3ccc(C=CC=CC=Cc4ccccc4)cc3)c3ccc(-c4ccc(N(c5ccc(C=CC=CC=Cc6ccccc6)cc5)c5ccc(-c6ccc(C)cc6)cc5)c(C)c4)cc3C)cc2)cc1. The number of aryl methyl sites for hydroxylation is 4. The summed E-state index contributed by atoms with van der Waals surface area (Å²) in [5.41, 5.74) is 23.3. The third kappa shape index (κ3) is 13.2. The fourth-order valence-corrected chi connectivity index (χ4v) is 9.64. The lowest BCUT2D eigenvalue weighted by Crippen LogP contribution is -2.12. The topological polar surface area (TPSA) is 6.48 Å². The monoisotopic (exact) mass is 1000 g/mol. The second kappa shape index (κ2) is 25.2. The minimum atomic E-state index is 1.09. The third-order valence-electron chi connectivity index (χ3n) is 14.0. The van der Waals surface area contributed by atoms with Gasteiger partial charge in [0.05, 0.1) is 0 Å². The van der Waals surface area contributed by atoms with Crippen molar-refractivity contribution in [3.8, 4) is 33.4 Å². The standard InChI is InChI=1S/C76H64N2/c1-57-27-35-65(36-28-57)67-39-49-73(50-40-67)77(71-45-31-63(32-46-71)25-13-7-5-11-19-61-21-15-9-16-22-61)75-53-43-69(55-59(75)3)70-44-54-76(60(4)56-70)78(74-51-41-68(42-52-74)66-37-29-58(2)30-38-66)72-47-33-64(34-48-72)26-14-8-6-12-20-62-23-17-10-18-24-62/h5-56H,1-4H3. The van der Waals surface area contributed by atoms with Crippen molar-refractivity contribution in [2.75, 3.05) is 9.80 Å². The zero-order valence-electron chi connectivity index (χ0n) is 44.9. The Kier molecular flexibility index (Phi) is 16.7. The summed E-state index contributed by atoms with van der Waals surface area (Å²) in [6, 6.07) is 87.5. The molecule has 0 heterocycles. The molecule has 0 aromatic heterocycles. The lowest BCUT2D eigenvalue weighted by molar-refractivity contribution is 1.24. The lowest BCUT2D eigenvalue weighted by Gasteiger charge is -2.28. The van der Waals surface area contributed by atoms with Gasteiger partial charge in [0.1, 0.15) is 0 Å². The van der Waals surface area contributed by atoms with E-state index in [1.807, 2.05) is 12.1 Å². The number of rotatable bonds is 17. The fraction of sp³-hybridized carbons (Fsp3) is 0.0526. The maximum atomic E-state index is 2.37. The van der Waals surface area contributed by atoms with E-state index in [9.17, 15) is 0 Å². The van der Waals surface area contributed by atoms with Crippen LogP contribution in [-0.4, -0.2) is 0 Å². The number of anilines is 6. The molecule has 0 aliphatic rings. The van der Waals surface area contributed by atoms with Gasteiger partial charge in [0, 0.05) is 34.1 Å². The van der Waals surface area contributed by atoms with Gasteiger partial charge < -0.3 is 9.80 Å². The Bertz CT molecular complexity index is 3490. The molecule has 0 saturated heterocycles. The van der Waals surface area contributed by atoms with Crippen LogP contribution in [0.1, 0.15) is 44.5 Å². The first kappa shape index (κ1) is 51.7. The first-order valence-electron chi connectivity index (χ1n) is 26.8. The molecule has 0 aliphatic heterocycles. The molecule has 0 atom stereocenters. The molecule has 0 radical (unpaired) electrons. The molecule has 0 saturated carbocycles. The van der Waals surface area contributed by atoms with E-state index >= 15 is 0 Å². The molecule has 0 unspecified atom stereocenters. The van der Waals surface area contributed by atoms with Gasteiger partial charge in [-0.3, -0.25) is 0 Å². The van der Waals surface area contributed by atoms with Gasteiger partial charge in [-0.2, -0.15) is 0 Å². The van der Waals surface area contributed by atoms with E-state index in [4.69, 9.17) is 0 Å². The Hall–Kier alpha value is -9.76. The van der Waals surface area contributed by atoms with Crippen molar-refractivity contribution in [3.05, 3.63) is 336 Å². The summed E-state index contributed by atoms with van der Waals surface area (Å²) in [6.07, 6.45) is 25.1. The quantitative estimate of drug-likeness (QED) is 0.0839. The summed E-state index contributed by atoms with van der Waals surface area (Å²) < 4.78 is 0. The molecule has 0 N–H and O–H groups in total. The van der Waals surface area contributed by atoms with Crippen LogP contribution in [0.5, 0.6) is 0 Å². The Balaban J connectivity index is 0.927. The van der Waals surface area contributed by atoms with Gasteiger partial charge in [-0.15, -0.1) is 0 Å². The van der Waals surface area contributed by atoms with E-state index in [1.54, 1.807) is 0 Å². The van der Waals surface area contributed by atoms with Crippen LogP contribution in [0.3, 0.4) is 0 Å². The second-order valence-corrected chi connectivity index (χ2v) is 19.7. The van der Waals surface area contributed by atoms with Crippen molar-refractivity contribution >= 4 is 58.4 Å². The minimum absolute atomic E-state index is 1.09. The summed E-state index contributed by atoms with van der Waals surface area (Å²) in [6.45, 7) is 8.71. The molecule has 10 rings (SSSR count). The molecule has 10 aromatic carbocycles. The van der Waals surface area contributed by atoms with Gasteiger partial charge >= 0.3 is 0 Å². The van der Waals surface area contributed by atoms with Crippen LogP contribution in [0, 0.1) is 27.7 Å². The average molecular weight is 1010 g/mol. The van der Waals surface area contributed by atoms with E-state index in [0.717, 1.165) is 45.3 Å². The van der Waals surface area contributed by atoms with Gasteiger partial charge in [0.25, 0.3) is 0 Å². The first-order valence-corrected chi connectivity index (χ1v) is 26.8. The Morgan fingerprint density at radius 1 is 0.231 bits per heavy atom. The van der Waals surface area contributed by atoms with Gasteiger partial charge in [-0.25, -0.2) is 0 Å². The van der Waals surface area contributed by atoms with Gasteiger partial charge in [-0.05, 0) is 167 Å².